The van der Waals surface area contributed by atoms with Crippen LogP contribution in [0.4, 0.5) is 4.79 Å². The van der Waals surface area contributed by atoms with Crippen LogP contribution in [-0.4, -0.2) is 65.5 Å². The zero-order valence-electron chi connectivity index (χ0n) is 11.9. The second-order valence-electron chi connectivity index (χ2n) is 5.78. The van der Waals surface area contributed by atoms with E-state index in [9.17, 15) is 14.4 Å². The quantitative estimate of drug-likeness (QED) is 0.753. The smallest absolute Gasteiger partial charge is 0.326 e. The Bertz CT molecular complexity index is 439. The molecule has 2 unspecified atom stereocenters. The van der Waals surface area contributed by atoms with Crippen LogP contribution in [0.1, 0.15) is 26.2 Å². The van der Waals surface area contributed by atoms with E-state index >= 15 is 0 Å². The van der Waals surface area contributed by atoms with E-state index in [-0.39, 0.29) is 11.9 Å². The predicted molar refractivity (Wildman–Crippen MR) is 71.1 cm³/mol. The summed E-state index contributed by atoms with van der Waals surface area (Å²) >= 11 is 0. The summed E-state index contributed by atoms with van der Waals surface area (Å²) < 4.78 is 0. The van der Waals surface area contributed by atoms with Gasteiger partial charge in [-0.15, -0.1) is 0 Å². The van der Waals surface area contributed by atoms with Crippen LogP contribution in [0.3, 0.4) is 0 Å². The van der Waals surface area contributed by atoms with Gasteiger partial charge in [0, 0.05) is 26.7 Å². The molecule has 0 aromatic rings. The molecule has 2 rings (SSSR count). The highest BCUT2D eigenvalue weighted by molar-refractivity contribution is 5.86. The van der Waals surface area contributed by atoms with Crippen LogP contribution in [0.2, 0.25) is 0 Å². The normalized spacial score (nSPS) is 29.6. The highest BCUT2D eigenvalue weighted by Crippen LogP contribution is 2.31. The maximum atomic E-state index is 12.4. The Labute approximate surface area is 117 Å². The van der Waals surface area contributed by atoms with Crippen LogP contribution in [-0.2, 0) is 9.59 Å². The van der Waals surface area contributed by atoms with Gasteiger partial charge in [0.05, 0.1) is 5.41 Å². The molecule has 3 amide bonds. The lowest BCUT2D eigenvalue weighted by molar-refractivity contribution is -0.141. The lowest BCUT2D eigenvalue weighted by atomic mass is 9.89. The van der Waals surface area contributed by atoms with E-state index in [1.54, 1.807) is 11.9 Å². The summed E-state index contributed by atoms with van der Waals surface area (Å²) in [6, 6.07) is -0.989. The summed E-state index contributed by atoms with van der Waals surface area (Å²) in [4.78, 5) is 38.4. The molecular formula is C13H21N3O4. The van der Waals surface area contributed by atoms with Gasteiger partial charge in [-0.05, 0) is 26.2 Å². The summed E-state index contributed by atoms with van der Waals surface area (Å²) in [6.45, 7) is 3.14. The molecule has 2 aliphatic rings. The number of hydrogen-bond acceptors (Lipinski definition) is 3. The Kier molecular flexibility index (Phi) is 3.87. The van der Waals surface area contributed by atoms with Gasteiger partial charge in [0.1, 0.15) is 6.04 Å². The van der Waals surface area contributed by atoms with E-state index in [1.165, 1.54) is 4.90 Å². The van der Waals surface area contributed by atoms with Gasteiger partial charge in [0.25, 0.3) is 0 Å². The molecule has 0 aromatic carbocycles. The van der Waals surface area contributed by atoms with E-state index in [4.69, 9.17) is 5.11 Å². The zero-order chi connectivity index (χ0) is 14.9. The van der Waals surface area contributed by atoms with E-state index in [0.717, 1.165) is 0 Å². The molecule has 2 fully saturated rings. The molecule has 0 aliphatic carbocycles. The van der Waals surface area contributed by atoms with Gasteiger partial charge in [0.2, 0.25) is 5.91 Å². The van der Waals surface area contributed by atoms with Crippen molar-refractivity contribution in [1.29, 1.82) is 0 Å². The topological polar surface area (TPSA) is 90.0 Å². The summed E-state index contributed by atoms with van der Waals surface area (Å²) in [5, 5.41) is 11.7. The molecular weight excluding hydrogens is 262 g/mol. The number of nitrogens with zero attached hydrogens (tertiary/aromatic N) is 2. The minimum atomic E-state index is -0.955. The number of carboxylic acids is 1. The third-order valence-electron chi connectivity index (χ3n) is 4.30. The van der Waals surface area contributed by atoms with Crippen molar-refractivity contribution in [3.8, 4) is 0 Å². The van der Waals surface area contributed by atoms with Gasteiger partial charge in [-0.3, -0.25) is 4.79 Å². The van der Waals surface area contributed by atoms with E-state index in [2.05, 4.69) is 5.32 Å². The average molecular weight is 283 g/mol. The Balaban J connectivity index is 2.05. The number of carboxylic acid groups (broad SMARTS) is 1. The molecule has 0 radical (unpaired) electrons. The van der Waals surface area contributed by atoms with Crippen molar-refractivity contribution in [3.05, 3.63) is 0 Å². The van der Waals surface area contributed by atoms with Crippen molar-refractivity contribution >= 4 is 17.9 Å². The monoisotopic (exact) mass is 283 g/mol. The van der Waals surface area contributed by atoms with Gasteiger partial charge < -0.3 is 20.2 Å². The van der Waals surface area contributed by atoms with E-state index in [0.29, 0.717) is 38.9 Å². The Morgan fingerprint density at radius 3 is 2.60 bits per heavy atom. The SMILES string of the molecule is CNC(=O)C1(C)CCN(C(=O)N2CCCC2C(=O)O)C1. The first-order chi connectivity index (χ1) is 9.39. The summed E-state index contributed by atoms with van der Waals surface area (Å²) in [5.41, 5.74) is -0.581. The molecule has 112 valence electrons. The largest absolute Gasteiger partial charge is 0.480 e. The fourth-order valence-electron chi connectivity index (χ4n) is 3.05. The molecule has 7 heteroatoms. The Morgan fingerprint density at radius 1 is 1.30 bits per heavy atom. The van der Waals surface area contributed by atoms with Crippen LogP contribution < -0.4 is 5.32 Å². The summed E-state index contributed by atoms with van der Waals surface area (Å²) in [7, 11) is 1.58. The predicted octanol–water partition coefficient (Wildman–Crippen LogP) is 0.113. The van der Waals surface area contributed by atoms with Crippen molar-refractivity contribution in [2.24, 2.45) is 5.41 Å². The first-order valence-corrected chi connectivity index (χ1v) is 6.89. The highest BCUT2D eigenvalue weighted by atomic mass is 16.4. The van der Waals surface area contributed by atoms with Gasteiger partial charge in [0.15, 0.2) is 0 Å². The lowest BCUT2D eigenvalue weighted by Gasteiger charge is -2.28. The van der Waals surface area contributed by atoms with Crippen LogP contribution in [0.15, 0.2) is 0 Å². The number of amides is 3. The molecule has 2 atom stereocenters. The van der Waals surface area contributed by atoms with Crippen LogP contribution in [0.25, 0.3) is 0 Å². The molecule has 0 saturated carbocycles. The number of likely N-dealkylation sites (tertiary alicyclic amines) is 2. The molecule has 2 saturated heterocycles. The first-order valence-electron chi connectivity index (χ1n) is 6.89. The van der Waals surface area contributed by atoms with Crippen molar-refractivity contribution < 1.29 is 19.5 Å². The number of hydrogen-bond donors (Lipinski definition) is 2. The van der Waals surface area contributed by atoms with Gasteiger partial charge in [-0.2, -0.15) is 0 Å². The molecule has 0 spiro atoms. The van der Waals surface area contributed by atoms with Gasteiger partial charge >= 0.3 is 12.0 Å². The molecule has 20 heavy (non-hydrogen) atoms. The molecule has 2 N–H and O–H groups in total. The molecule has 2 heterocycles. The van der Waals surface area contributed by atoms with Crippen LogP contribution in [0.5, 0.6) is 0 Å². The lowest BCUT2D eigenvalue weighted by Crippen LogP contribution is -2.48. The number of rotatable bonds is 2. The fraction of sp³-hybridized carbons (Fsp3) is 0.769. The van der Waals surface area contributed by atoms with E-state index in [1.807, 2.05) is 6.92 Å². The van der Waals surface area contributed by atoms with Crippen molar-refractivity contribution in [1.82, 2.24) is 15.1 Å². The minimum absolute atomic E-state index is 0.0796. The number of carbonyl (C=O) groups is 3. The molecule has 7 nitrogen and oxygen atoms in total. The van der Waals surface area contributed by atoms with Gasteiger partial charge in [-0.1, -0.05) is 0 Å². The second kappa shape index (κ2) is 5.30. The number of aliphatic carboxylic acids is 1. The maximum Gasteiger partial charge on any atom is 0.326 e. The third kappa shape index (κ3) is 2.44. The zero-order valence-corrected chi connectivity index (χ0v) is 11.9. The molecule has 0 aromatic heterocycles. The van der Waals surface area contributed by atoms with Crippen LogP contribution >= 0.6 is 0 Å². The fourth-order valence-corrected chi connectivity index (χ4v) is 3.05. The maximum absolute atomic E-state index is 12.4. The summed E-state index contributed by atoms with van der Waals surface area (Å²) in [6.07, 6.45) is 1.81. The number of carbonyl (C=O) groups excluding carboxylic acids is 2. The van der Waals surface area contributed by atoms with Gasteiger partial charge in [-0.25, -0.2) is 9.59 Å². The average Bonchev–Trinajstić information content (AvgIpc) is 3.04. The first kappa shape index (κ1) is 14.6. The van der Waals surface area contributed by atoms with Crippen LogP contribution in [0, 0.1) is 5.41 Å². The second-order valence-corrected chi connectivity index (χ2v) is 5.78. The van der Waals surface area contributed by atoms with Crippen molar-refractivity contribution in [2.45, 2.75) is 32.2 Å². The molecule has 0 bridgehead atoms. The summed E-state index contributed by atoms with van der Waals surface area (Å²) in [5.74, 6) is -1.03. The Hall–Kier alpha value is -1.79. The number of urea groups is 1. The number of nitrogens with one attached hydrogen (secondary N) is 1. The van der Waals surface area contributed by atoms with Crippen molar-refractivity contribution in [3.63, 3.8) is 0 Å². The Morgan fingerprint density at radius 2 is 2.00 bits per heavy atom. The minimum Gasteiger partial charge on any atom is -0.480 e. The van der Waals surface area contributed by atoms with E-state index < -0.39 is 17.4 Å². The third-order valence-corrected chi connectivity index (χ3v) is 4.30. The van der Waals surface area contributed by atoms with Crippen molar-refractivity contribution in [2.75, 3.05) is 26.7 Å². The highest BCUT2D eigenvalue weighted by Gasteiger charge is 2.44. The molecule has 2 aliphatic heterocycles. The standard InChI is InChI=1S/C13H21N3O4/c1-13(11(19)14-2)5-7-15(8-13)12(20)16-6-3-4-9(16)10(17)18/h9H,3-8H2,1-2H3,(H,14,19)(H,17,18).